The van der Waals surface area contributed by atoms with E-state index in [9.17, 15) is 9.59 Å². The van der Waals surface area contributed by atoms with Crippen LogP contribution in [0.15, 0.2) is 18.2 Å². The van der Waals surface area contributed by atoms with Crippen LogP contribution in [0.25, 0.3) is 0 Å². The molecule has 1 aliphatic heterocycles. The second-order valence-electron chi connectivity index (χ2n) is 7.24. The molecule has 24 heavy (non-hydrogen) atoms. The van der Waals surface area contributed by atoms with Gasteiger partial charge in [0, 0.05) is 37.8 Å². The zero-order chi connectivity index (χ0) is 17.3. The van der Waals surface area contributed by atoms with Crippen LogP contribution in [-0.2, 0) is 9.59 Å². The number of piperazine rings is 1. The summed E-state index contributed by atoms with van der Waals surface area (Å²) in [5, 5.41) is 3.03. The summed E-state index contributed by atoms with van der Waals surface area (Å²) in [6.45, 7) is 9.54. The van der Waals surface area contributed by atoms with Crippen molar-refractivity contribution in [1.82, 2.24) is 9.80 Å². The monoisotopic (exact) mass is 329 g/mol. The molecule has 1 saturated heterocycles. The average molecular weight is 329 g/mol. The van der Waals surface area contributed by atoms with E-state index < -0.39 is 0 Å². The summed E-state index contributed by atoms with van der Waals surface area (Å²) in [5.74, 6) is 1.13. The minimum Gasteiger partial charge on any atom is -0.340 e. The van der Waals surface area contributed by atoms with Crippen molar-refractivity contribution >= 4 is 17.5 Å². The van der Waals surface area contributed by atoms with Gasteiger partial charge >= 0.3 is 0 Å². The third-order valence-corrected chi connectivity index (χ3v) is 5.22. The molecule has 0 bridgehead atoms. The summed E-state index contributed by atoms with van der Waals surface area (Å²) >= 11 is 0. The Balaban J connectivity index is 1.47. The number of benzene rings is 1. The quantitative estimate of drug-likeness (QED) is 0.920. The van der Waals surface area contributed by atoms with E-state index in [4.69, 9.17) is 0 Å². The number of aryl methyl sites for hydroxylation is 2. The fourth-order valence-electron chi connectivity index (χ4n) is 3.42. The van der Waals surface area contributed by atoms with Gasteiger partial charge in [0.15, 0.2) is 0 Å². The summed E-state index contributed by atoms with van der Waals surface area (Å²) in [5.41, 5.74) is 3.08. The van der Waals surface area contributed by atoms with Crippen molar-refractivity contribution in [1.29, 1.82) is 0 Å². The van der Waals surface area contributed by atoms with Crippen molar-refractivity contribution in [2.75, 3.05) is 38.0 Å². The van der Waals surface area contributed by atoms with Crippen molar-refractivity contribution in [3.8, 4) is 0 Å². The number of carbonyl (C=O) groups excluding carboxylic acids is 2. The molecule has 5 nitrogen and oxygen atoms in total. The molecule has 0 spiro atoms. The lowest BCUT2D eigenvalue weighted by Crippen LogP contribution is -2.51. The number of amides is 2. The zero-order valence-electron chi connectivity index (χ0n) is 14.8. The summed E-state index contributed by atoms with van der Waals surface area (Å²) in [6.07, 6.45) is 1.04. The Morgan fingerprint density at radius 1 is 1.12 bits per heavy atom. The Kier molecular flexibility index (Phi) is 4.90. The van der Waals surface area contributed by atoms with Gasteiger partial charge in [0.05, 0.1) is 6.54 Å². The van der Waals surface area contributed by atoms with Gasteiger partial charge < -0.3 is 10.2 Å². The van der Waals surface area contributed by atoms with E-state index in [1.54, 1.807) is 0 Å². The van der Waals surface area contributed by atoms with Crippen molar-refractivity contribution in [2.24, 2.45) is 11.8 Å². The van der Waals surface area contributed by atoms with Crippen molar-refractivity contribution < 1.29 is 9.59 Å². The SMILES string of the molecule is Cc1cccc(C)c1NC(=O)CN1CCN(C(=O)C2CC2C)CC1. The summed E-state index contributed by atoms with van der Waals surface area (Å²) in [4.78, 5) is 28.7. The topological polar surface area (TPSA) is 52.7 Å². The minimum absolute atomic E-state index is 0.0167. The van der Waals surface area contributed by atoms with Crippen LogP contribution in [-0.4, -0.2) is 54.3 Å². The van der Waals surface area contributed by atoms with Gasteiger partial charge in [0.2, 0.25) is 11.8 Å². The molecule has 1 saturated carbocycles. The lowest BCUT2D eigenvalue weighted by atomic mass is 10.1. The van der Waals surface area contributed by atoms with E-state index in [1.807, 2.05) is 36.9 Å². The minimum atomic E-state index is 0.0167. The van der Waals surface area contributed by atoms with Crippen LogP contribution in [0.4, 0.5) is 5.69 Å². The van der Waals surface area contributed by atoms with Crippen LogP contribution in [0, 0.1) is 25.7 Å². The summed E-state index contributed by atoms with van der Waals surface area (Å²) in [7, 11) is 0. The van der Waals surface area contributed by atoms with Crippen LogP contribution in [0.5, 0.6) is 0 Å². The first kappa shape index (κ1) is 17.0. The molecule has 1 aromatic rings. The maximum absolute atomic E-state index is 12.3. The maximum atomic E-state index is 12.3. The summed E-state index contributed by atoms with van der Waals surface area (Å²) in [6, 6.07) is 6.01. The summed E-state index contributed by atoms with van der Waals surface area (Å²) < 4.78 is 0. The molecular weight excluding hydrogens is 302 g/mol. The zero-order valence-corrected chi connectivity index (χ0v) is 14.8. The Morgan fingerprint density at radius 3 is 2.25 bits per heavy atom. The smallest absolute Gasteiger partial charge is 0.238 e. The van der Waals surface area contributed by atoms with E-state index in [-0.39, 0.29) is 11.8 Å². The third-order valence-electron chi connectivity index (χ3n) is 5.22. The normalized spacial score (nSPS) is 23.9. The first-order valence-electron chi connectivity index (χ1n) is 8.83. The molecule has 5 heteroatoms. The van der Waals surface area contributed by atoms with Crippen molar-refractivity contribution in [3.63, 3.8) is 0 Å². The van der Waals surface area contributed by atoms with Gasteiger partial charge in [0.1, 0.15) is 0 Å². The van der Waals surface area contributed by atoms with Gasteiger partial charge in [0.25, 0.3) is 0 Å². The lowest BCUT2D eigenvalue weighted by Gasteiger charge is -2.34. The number of hydrogen-bond donors (Lipinski definition) is 1. The number of anilines is 1. The molecule has 2 aliphatic rings. The Hall–Kier alpha value is -1.88. The maximum Gasteiger partial charge on any atom is 0.238 e. The molecule has 0 aromatic heterocycles. The van der Waals surface area contributed by atoms with Crippen molar-refractivity contribution in [2.45, 2.75) is 27.2 Å². The number of hydrogen-bond acceptors (Lipinski definition) is 3. The molecule has 2 amide bonds. The van der Waals surface area contributed by atoms with E-state index >= 15 is 0 Å². The molecule has 130 valence electrons. The van der Waals surface area contributed by atoms with Crippen LogP contribution < -0.4 is 5.32 Å². The van der Waals surface area contributed by atoms with Crippen LogP contribution in [0.2, 0.25) is 0 Å². The highest BCUT2D eigenvalue weighted by molar-refractivity contribution is 5.93. The van der Waals surface area contributed by atoms with Crippen LogP contribution in [0.3, 0.4) is 0 Å². The standard InChI is InChI=1S/C19H27N3O2/c1-13-5-4-6-14(2)18(13)20-17(23)12-21-7-9-22(10-8-21)19(24)16-11-15(16)3/h4-6,15-16H,7-12H2,1-3H3,(H,20,23). The highest BCUT2D eigenvalue weighted by Gasteiger charge is 2.41. The van der Waals surface area contributed by atoms with E-state index in [2.05, 4.69) is 17.1 Å². The van der Waals surface area contributed by atoms with E-state index in [0.717, 1.165) is 49.4 Å². The van der Waals surface area contributed by atoms with Crippen LogP contribution >= 0.6 is 0 Å². The first-order chi connectivity index (χ1) is 11.5. The molecule has 2 unspecified atom stereocenters. The Morgan fingerprint density at radius 2 is 1.71 bits per heavy atom. The molecular formula is C19H27N3O2. The number of carbonyl (C=O) groups is 2. The molecule has 1 aromatic carbocycles. The molecule has 2 atom stereocenters. The molecule has 3 rings (SSSR count). The fraction of sp³-hybridized carbons (Fsp3) is 0.579. The van der Waals surface area contributed by atoms with Gasteiger partial charge in [-0.25, -0.2) is 0 Å². The number of para-hydroxylation sites is 1. The lowest BCUT2D eigenvalue weighted by molar-refractivity contribution is -0.134. The molecule has 1 aliphatic carbocycles. The number of rotatable bonds is 4. The molecule has 1 N–H and O–H groups in total. The Bertz CT molecular complexity index is 615. The van der Waals surface area contributed by atoms with E-state index in [0.29, 0.717) is 18.4 Å². The van der Waals surface area contributed by atoms with Gasteiger partial charge in [-0.15, -0.1) is 0 Å². The van der Waals surface area contributed by atoms with Gasteiger partial charge in [-0.05, 0) is 37.3 Å². The van der Waals surface area contributed by atoms with Gasteiger partial charge in [-0.1, -0.05) is 25.1 Å². The van der Waals surface area contributed by atoms with Crippen LogP contribution in [0.1, 0.15) is 24.5 Å². The fourth-order valence-corrected chi connectivity index (χ4v) is 3.42. The van der Waals surface area contributed by atoms with Crippen molar-refractivity contribution in [3.05, 3.63) is 29.3 Å². The predicted molar refractivity (Wildman–Crippen MR) is 94.8 cm³/mol. The first-order valence-corrected chi connectivity index (χ1v) is 8.83. The number of nitrogens with one attached hydrogen (secondary N) is 1. The molecule has 2 fully saturated rings. The second-order valence-corrected chi connectivity index (χ2v) is 7.24. The highest BCUT2D eigenvalue weighted by atomic mass is 16.2. The van der Waals surface area contributed by atoms with Gasteiger partial charge in [-0.2, -0.15) is 0 Å². The predicted octanol–water partition coefficient (Wildman–Crippen LogP) is 2.04. The van der Waals surface area contributed by atoms with Gasteiger partial charge in [-0.3, -0.25) is 14.5 Å². The average Bonchev–Trinajstić information content (AvgIpc) is 3.28. The van der Waals surface area contributed by atoms with E-state index in [1.165, 1.54) is 0 Å². The largest absolute Gasteiger partial charge is 0.340 e. The molecule has 1 heterocycles. The number of nitrogens with zero attached hydrogens (tertiary/aromatic N) is 2. The second kappa shape index (κ2) is 6.93. The molecule has 0 radical (unpaired) electrons. The Labute approximate surface area is 144 Å². The highest BCUT2D eigenvalue weighted by Crippen LogP contribution is 2.39. The third kappa shape index (κ3) is 3.78.